The third-order valence-electron chi connectivity index (χ3n) is 12.0. The van der Waals surface area contributed by atoms with Crippen LogP contribution in [0.25, 0.3) is 27.5 Å². The van der Waals surface area contributed by atoms with Gasteiger partial charge in [0.1, 0.15) is 41.9 Å². The highest BCUT2D eigenvalue weighted by atomic mass is 35.5. The van der Waals surface area contributed by atoms with Crippen LogP contribution in [0.4, 0.5) is 40.9 Å². The largest absolute Gasteiger partial charge is 0.344 e. The summed E-state index contributed by atoms with van der Waals surface area (Å²) in [5, 5.41) is 9.42. The van der Waals surface area contributed by atoms with Gasteiger partial charge in [-0.05, 0) is 91.5 Å². The van der Waals surface area contributed by atoms with E-state index in [0.717, 1.165) is 39.8 Å². The number of benzene rings is 3. The van der Waals surface area contributed by atoms with Crippen molar-refractivity contribution < 1.29 is 48.3 Å². The molecule has 6 aromatic rings. The number of amides is 1. The van der Waals surface area contributed by atoms with Crippen LogP contribution >= 0.6 is 11.6 Å². The molecule has 3 aromatic carbocycles. The minimum atomic E-state index is -4.06. The Hall–Kier alpha value is -5.57. The molecule has 10 rings (SSSR count). The third kappa shape index (κ3) is 7.29. The van der Waals surface area contributed by atoms with Crippen molar-refractivity contribution in [3.63, 3.8) is 0 Å². The number of aromatic nitrogens is 6. The molecule has 63 heavy (non-hydrogen) atoms. The highest BCUT2D eigenvalue weighted by Gasteiger charge is 2.67. The van der Waals surface area contributed by atoms with E-state index >= 15 is 8.78 Å². The summed E-state index contributed by atoms with van der Waals surface area (Å²) in [6, 6.07) is 8.28. The molecule has 330 valence electrons. The molecule has 0 aliphatic heterocycles. The first-order chi connectivity index (χ1) is 29.9. The van der Waals surface area contributed by atoms with Gasteiger partial charge in [-0.2, -0.15) is 19.0 Å². The molecule has 1 amide bonds. The first kappa shape index (κ1) is 41.4. The second kappa shape index (κ2) is 14.7. The van der Waals surface area contributed by atoms with E-state index in [1.807, 2.05) is 0 Å². The number of hydrogen-bond acceptors (Lipinski definition) is 7. The van der Waals surface area contributed by atoms with E-state index in [1.54, 1.807) is 12.1 Å². The van der Waals surface area contributed by atoms with E-state index in [1.165, 1.54) is 18.2 Å². The maximum atomic E-state index is 15.5. The number of carbonyl (C=O) groups excluding carboxylic acids is 1. The molecule has 4 aliphatic carbocycles. The highest BCUT2D eigenvalue weighted by Crippen LogP contribution is 2.68. The van der Waals surface area contributed by atoms with Gasteiger partial charge in [0.2, 0.25) is 15.9 Å². The quantitative estimate of drug-likeness (QED) is 0.105. The topological polar surface area (TPSA) is 146 Å². The number of alkyl halides is 6. The normalized spacial score (nSPS) is 19.5. The van der Waals surface area contributed by atoms with Gasteiger partial charge in [-0.3, -0.25) is 28.2 Å². The van der Waals surface area contributed by atoms with Gasteiger partial charge >= 0.3 is 0 Å². The standard InChI is InChI=1S/C41H33ClF8N8O4S/c42-26-7-8-29(35-33(26)38(54-56(35)15-30(45)46)55-63(61,62)22-4-5-22)58-39(52-27-12-19(18-1-2-18)3-6-23(27)40(58)60)28(11-17-9-20(43)13-21(44)10-17)51-31(59)16-57-36-32(34(53-57)37(47)48)24-14-25(24)41(36,49)50/h3,6-10,12-13,18,22,24-25,28,30,37H,1-2,4-5,11,14-16H2,(H,51,59)(H,54,55)/t24-,25+,28-/m0/s1. The summed E-state index contributed by atoms with van der Waals surface area (Å²) in [6.07, 6.45) is -4.46. The molecular weight excluding hydrogens is 888 g/mol. The van der Waals surface area contributed by atoms with Crippen molar-refractivity contribution in [2.24, 2.45) is 5.92 Å². The van der Waals surface area contributed by atoms with Gasteiger partial charge in [0.05, 0.1) is 43.8 Å². The minimum absolute atomic E-state index is 0.00939. The summed E-state index contributed by atoms with van der Waals surface area (Å²) in [4.78, 5) is 33.9. The Kier molecular flexibility index (Phi) is 9.70. The lowest BCUT2D eigenvalue weighted by atomic mass is 10.0. The summed E-state index contributed by atoms with van der Waals surface area (Å²) in [6.45, 7) is -2.15. The molecule has 3 atom stereocenters. The van der Waals surface area contributed by atoms with E-state index in [9.17, 15) is 44.3 Å². The number of nitrogens with one attached hydrogen (secondary N) is 2. The lowest BCUT2D eigenvalue weighted by Gasteiger charge is -2.24. The zero-order valence-electron chi connectivity index (χ0n) is 32.4. The summed E-state index contributed by atoms with van der Waals surface area (Å²) < 4.78 is 148. The maximum Gasteiger partial charge on any atom is 0.293 e. The van der Waals surface area contributed by atoms with Crippen LogP contribution in [0.15, 0.2) is 53.3 Å². The number of nitrogens with zero attached hydrogens (tertiary/aromatic N) is 6. The lowest BCUT2D eigenvalue weighted by molar-refractivity contribution is -0.123. The molecule has 4 aliphatic rings. The van der Waals surface area contributed by atoms with Crippen LogP contribution in [-0.2, 0) is 40.3 Å². The fourth-order valence-electron chi connectivity index (χ4n) is 8.86. The number of fused-ring (bicyclic) bond motifs is 5. The summed E-state index contributed by atoms with van der Waals surface area (Å²) in [7, 11) is -4.06. The molecule has 3 saturated carbocycles. The smallest absolute Gasteiger partial charge is 0.293 e. The van der Waals surface area contributed by atoms with Crippen LogP contribution in [0, 0.1) is 17.6 Å². The Labute approximate surface area is 356 Å². The average Bonchev–Trinajstić information content (AvgIpc) is 4.09. The highest BCUT2D eigenvalue weighted by molar-refractivity contribution is 7.93. The number of anilines is 1. The first-order valence-corrected chi connectivity index (χ1v) is 21.9. The summed E-state index contributed by atoms with van der Waals surface area (Å²) in [5.74, 6) is -9.41. The monoisotopic (exact) mass is 920 g/mol. The lowest BCUT2D eigenvalue weighted by Crippen LogP contribution is -2.38. The number of sulfonamides is 1. The van der Waals surface area contributed by atoms with E-state index in [2.05, 4.69) is 20.2 Å². The molecule has 0 unspecified atom stereocenters. The van der Waals surface area contributed by atoms with E-state index in [0.29, 0.717) is 23.6 Å². The molecule has 3 fully saturated rings. The molecule has 0 bridgehead atoms. The predicted molar refractivity (Wildman–Crippen MR) is 212 cm³/mol. The first-order valence-electron chi connectivity index (χ1n) is 20.0. The molecule has 12 nitrogen and oxygen atoms in total. The van der Waals surface area contributed by atoms with Crippen LogP contribution in [0.3, 0.4) is 0 Å². The minimum Gasteiger partial charge on any atom is -0.344 e. The SMILES string of the molecule is O=C(Cn1nc(C(F)F)c2c1C(F)(F)[C@@H]1C[C@H]21)N[C@@H](Cc1cc(F)cc(F)c1)c1nc2cc(C3CC3)ccc2c(=O)n1-c1ccc(Cl)c2c(NS(=O)(=O)C3CC3)nn(CC(F)F)c12. The summed E-state index contributed by atoms with van der Waals surface area (Å²) >= 11 is 6.65. The molecule has 0 spiro atoms. The fourth-order valence-corrected chi connectivity index (χ4v) is 10.4. The van der Waals surface area contributed by atoms with Crippen molar-refractivity contribution in [3.05, 3.63) is 109 Å². The van der Waals surface area contributed by atoms with Crippen LogP contribution in [-0.4, -0.2) is 55.1 Å². The fraction of sp³-hybridized carbons (Fsp3) is 0.390. The van der Waals surface area contributed by atoms with Gasteiger partial charge in [0, 0.05) is 24.0 Å². The van der Waals surface area contributed by atoms with Crippen LogP contribution in [0.1, 0.15) is 90.3 Å². The molecule has 0 radical (unpaired) electrons. The Morgan fingerprint density at radius 3 is 2.35 bits per heavy atom. The second-order valence-corrected chi connectivity index (χ2v) is 18.9. The molecule has 3 heterocycles. The van der Waals surface area contributed by atoms with Gasteiger partial charge in [0.25, 0.3) is 24.3 Å². The van der Waals surface area contributed by atoms with Crippen molar-refractivity contribution in [1.82, 2.24) is 34.4 Å². The molecular formula is C41H33ClF8N8O4S. The third-order valence-corrected chi connectivity index (χ3v) is 14.2. The zero-order chi connectivity index (χ0) is 44.4. The van der Waals surface area contributed by atoms with Gasteiger partial charge in [-0.1, -0.05) is 17.7 Å². The van der Waals surface area contributed by atoms with Gasteiger partial charge in [-0.25, -0.2) is 39.7 Å². The van der Waals surface area contributed by atoms with Crippen molar-refractivity contribution in [1.29, 1.82) is 0 Å². The molecule has 2 N–H and O–H groups in total. The Morgan fingerprint density at radius 2 is 1.68 bits per heavy atom. The van der Waals surface area contributed by atoms with Crippen LogP contribution in [0.2, 0.25) is 5.02 Å². The van der Waals surface area contributed by atoms with Crippen molar-refractivity contribution in [2.75, 3.05) is 4.72 Å². The van der Waals surface area contributed by atoms with Crippen LogP contribution in [0.5, 0.6) is 0 Å². The number of halogens is 9. The maximum absolute atomic E-state index is 15.5. The predicted octanol–water partition coefficient (Wildman–Crippen LogP) is 8.16. The van der Waals surface area contributed by atoms with E-state index in [4.69, 9.17) is 16.6 Å². The van der Waals surface area contributed by atoms with E-state index < -0.39 is 112 Å². The van der Waals surface area contributed by atoms with E-state index in [-0.39, 0.29) is 61.8 Å². The Balaban J connectivity index is 1.17. The zero-order valence-corrected chi connectivity index (χ0v) is 34.0. The van der Waals surface area contributed by atoms with Gasteiger partial charge in [-0.15, -0.1) is 0 Å². The Morgan fingerprint density at radius 1 is 0.952 bits per heavy atom. The number of rotatable bonds is 14. The number of carbonyl (C=O) groups is 1. The summed E-state index contributed by atoms with van der Waals surface area (Å²) in [5.41, 5.74) is -2.49. The van der Waals surface area contributed by atoms with Crippen LogP contribution < -0.4 is 15.6 Å². The molecule has 0 saturated heterocycles. The number of hydrogen-bond donors (Lipinski definition) is 2. The van der Waals surface area contributed by atoms with Crippen molar-refractivity contribution in [3.8, 4) is 5.69 Å². The van der Waals surface area contributed by atoms with Crippen molar-refractivity contribution >= 4 is 55.2 Å². The second-order valence-electron chi connectivity index (χ2n) is 16.5. The molecule has 22 heteroatoms. The Bertz CT molecular complexity index is 3060. The average molecular weight is 921 g/mol. The van der Waals surface area contributed by atoms with Gasteiger partial charge in [0.15, 0.2) is 5.82 Å². The molecule has 3 aromatic heterocycles. The van der Waals surface area contributed by atoms with Crippen molar-refractivity contribution in [2.45, 2.75) is 93.5 Å². The van der Waals surface area contributed by atoms with Gasteiger partial charge < -0.3 is 5.32 Å².